The highest BCUT2D eigenvalue weighted by molar-refractivity contribution is 5.30. The Labute approximate surface area is 73.0 Å². The number of rotatable bonds is 1. The SMILES string of the molecule is CCc1cc(C(F)(F)F)cnc1O. The number of nitrogens with zero attached hydrogens (tertiary/aromatic N) is 1. The van der Waals surface area contributed by atoms with Crippen LogP contribution in [0.25, 0.3) is 0 Å². The number of pyridine rings is 1. The molecule has 0 unspecified atom stereocenters. The summed E-state index contributed by atoms with van der Waals surface area (Å²) in [5, 5.41) is 9.02. The molecule has 0 bridgehead atoms. The van der Waals surface area contributed by atoms with Crippen LogP contribution in [0.3, 0.4) is 0 Å². The van der Waals surface area contributed by atoms with E-state index in [9.17, 15) is 13.2 Å². The van der Waals surface area contributed by atoms with E-state index in [2.05, 4.69) is 4.98 Å². The van der Waals surface area contributed by atoms with Gasteiger partial charge >= 0.3 is 6.18 Å². The molecule has 13 heavy (non-hydrogen) atoms. The average molecular weight is 191 g/mol. The van der Waals surface area contributed by atoms with Crippen molar-refractivity contribution in [2.24, 2.45) is 0 Å². The summed E-state index contributed by atoms with van der Waals surface area (Å²) in [7, 11) is 0. The van der Waals surface area contributed by atoms with Crippen LogP contribution in [0.5, 0.6) is 5.88 Å². The predicted molar refractivity (Wildman–Crippen MR) is 40.3 cm³/mol. The van der Waals surface area contributed by atoms with Crippen LogP contribution in [0.15, 0.2) is 12.3 Å². The first-order valence-electron chi connectivity index (χ1n) is 3.70. The van der Waals surface area contributed by atoms with E-state index < -0.39 is 11.7 Å². The van der Waals surface area contributed by atoms with Gasteiger partial charge in [-0.2, -0.15) is 13.2 Å². The Bertz CT molecular complexity index is 309. The third-order valence-corrected chi connectivity index (χ3v) is 1.65. The second-order valence-corrected chi connectivity index (χ2v) is 2.56. The predicted octanol–water partition coefficient (Wildman–Crippen LogP) is 2.37. The zero-order chi connectivity index (χ0) is 10.1. The van der Waals surface area contributed by atoms with E-state index in [1.165, 1.54) is 0 Å². The molecule has 0 saturated carbocycles. The Hall–Kier alpha value is -1.26. The van der Waals surface area contributed by atoms with Crippen LogP contribution in [0.4, 0.5) is 13.2 Å². The molecule has 1 N–H and O–H groups in total. The maximum atomic E-state index is 12.1. The molecule has 1 heterocycles. The molecule has 0 aliphatic carbocycles. The van der Waals surface area contributed by atoms with E-state index in [0.717, 1.165) is 6.07 Å². The van der Waals surface area contributed by atoms with Gasteiger partial charge in [-0.1, -0.05) is 6.92 Å². The molecule has 1 aromatic rings. The van der Waals surface area contributed by atoms with Crippen LogP contribution < -0.4 is 0 Å². The Morgan fingerprint density at radius 2 is 2.08 bits per heavy atom. The van der Waals surface area contributed by atoms with Gasteiger partial charge < -0.3 is 5.11 Å². The molecule has 0 saturated heterocycles. The van der Waals surface area contributed by atoms with Crippen molar-refractivity contribution in [2.45, 2.75) is 19.5 Å². The Balaban J connectivity index is 3.14. The van der Waals surface area contributed by atoms with Crippen LogP contribution in [0.2, 0.25) is 0 Å². The van der Waals surface area contributed by atoms with Crippen molar-refractivity contribution >= 4 is 0 Å². The second-order valence-electron chi connectivity index (χ2n) is 2.56. The lowest BCUT2D eigenvalue weighted by molar-refractivity contribution is -0.137. The summed E-state index contributed by atoms with van der Waals surface area (Å²) in [6, 6.07) is 0.905. The van der Waals surface area contributed by atoms with Gasteiger partial charge in [0, 0.05) is 11.8 Å². The topological polar surface area (TPSA) is 33.1 Å². The highest BCUT2D eigenvalue weighted by atomic mass is 19.4. The van der Waals surface area contributed by atoms with E-state index in [1.54, 1.807) is 6.92 Å². The molecule has 0 amide bonds. The fraction of sp³-hybridized carbons (Fsp3) is 0.375. The summed E-state index contributed by atoms with van der Waals surface area (Å²) in [5.74, 6) is -0.337. The van der Waals surface area contributed by atoms with E-state index in [1.807, 2.05) is 0 Å². The number of aromatic hydroxyl groups is 1. The van der Waals surface area contributed by atoms with Gasteiger partial charge in [-0.3, -0.25) is 0 Å². The fourth-order valence-corrected chi connectivity index (χ4v) is 0.918. The van der Waals surface area contributed by atoms with Crippen LogP contribution >= 0.6 is 0 Å². The van der Waals surface area contributed by atoms with Gasteiger partial charge in [0.1, 0.15) is 0 Å². The normalized spacial score (nSPS) is 11.7. The first-order chi connectivity index (χ1) is 5.95. The van der Waals surface area contributed by atoms with Gasteiger partial charge in [-0.15, -0.1) is 0 Å². The molecular formula is C8H8F3NO. The van der Waals surface area contributed by atoms with Gasteiger partial charge in [-0.05, 0) is 12.5 Å². The maximum Gasteiger partial charge on any atom is 0.417 e. The highest BCUT2D eigenvalue weighted by Gasteiger charge is 2.31. The number of hydrogen-bond donors (Lipinski definition) is 1. The van der Waals surface area contributed by atoms with Gasteiger partial charge in [0.05, 0.1) is 5.56 Å². The number of aromatic nitrogens is 1. The maximum absolute atomic E-state index is 12.1. The van der Waals surface area contributed by atoms with Gasteiger partial charge in [0.15, 0.2) is 0 Å². The molecule has 0 aromatic carbocycles. The number of halogens is 3. The molecule has 0 fully saturated rings. The standard InChI is InChI=1S/C8H8F3NO/c1-2-5-3-6(8(9,10)11)4-12-7(5)13/h3-4H,2H2,1H3,(H,12,13). The minimum absolute atomic E-state index is 0.204. The number of hydrogen-bond acceptors (Lipinski definition) is 2. The summed E-state index contributed by atoms with van der Waals surface area (Å²) in [6.45, 7) is 1.65. The zero-order valence-corrected chi connectivity index (χ0v) is 6.89. The third kappa shape index (κ3) is 2.11. The molecule has 72 valence electrons. The van der Waals surface area contributed by atoms with Crippen LogP contribution in [0, 0.1) is 0 Å². The summed E-state index contributed by atoms with van der Waals surface area (Å²) in [6.07, 6.45) is -3.46. The smallest absolute Gasteiger partial charge is 0.417 e. The van der Waals surface area contributed by atoms with E-state index in [0.29, 0.717) is 12.6 Å². The summed E-state index contributed by atoms with van der Waals surface area (Å²) in [4.78, 5) is 3.25. The number of aryl methyl sites for hydroxylation is 1. The first-order valence-corrected chi connectivity index (χ1v) is 3.70. The highest BCUT2D eigenvalue weighted by Crippen LogP contribution is 2.30. The molecule has 5 heteroatoms. The molecular weight excluding hydrogens is 183 g/mol. The van der Waals surface area contributed by atoms with E-state index >= 15 is 0 Å². The molecule has 1 aromatic heterocycles. The Kier molecular flexibility index (Phi) is 2.45. The number of alkyl halides is 3. The summed E-state index contributed by atoms with van der Waals surface area (Å²) < 4.78 is 36.3. The molecule has 0 atom stereocenters. The molecule has 0 aliphatic rings. The lowest BCUT2D eigenvalue weighted by Crippen LogP contribution is -2.06. The van der Waals surface area contributed by atoms with E-state index in [-0.39, 0.29) is 11.4 Å². The van der Waals surface area contributed by atoms with Crippen molar-refractivity contribution in [3.63, 3.8) is 0 Å². The summed E-state index contributed by atoms with van der Waals surface area (Å²) >= 11 is 0. The van der Waals surface area contributed by atoms with E-state index in [4.69, 9.17) is 5.11 Å². The summed E-state index contributed by atoms with van der Waals surface area (Å²) in [5.41, 5.74) is -0.628. The van der Waals surface area contributed by atoms with Crippen LogP contribution in [-0.2, 0) is 12.6 Å². The Morgan fingerprint density at radius 1 is 1.46 bits per heavy atom. The zero-order valence-electron chi connectivity index (χ0n) is 6.89. The lowest BCUT2D eigenvalue weighted by Gasteiger charge is -2.07. The largest absolute Gasteiger partial charge is 0.493 e. The van der Waals surface area contributed by atoms with Gasteiger partial charge in [0.2, 0.25) is 5.88 Å². The van der Waals surface area contributed by atoms with Crippen LogP contribution in [0.1, 0.15) is 18.1 Å². The average Bonchev–Trinajstić information content (AvgIpc) is 2.03. The van der Waals surface area contributed by atoms with Crippen LogP contribution in [-0.4, -0.2) is 10.1 Å². The van der Waals surface area contributed by atoms with Crippen molar-refractivity contribution in [1.82, 2.24) is 4.98 Å². The minimum Gasteiger partial charge on any atom is -0.493 e. The molecule has 0 aliphatic heterocycles. The fourth-order valence-electron chi connectivity index (χ4n) is 0.918. The van der Waals surface area contributed by atoms with Crippen molar-refractivity contribution in [3.8, 4) is 5.88 Å². The molecule has 0 spiro atoms. The van der Waals surface area contributed by atoms with Crippen molar-refractivity contribution in [1.29, 1.82) is 0 Å². The van der Waals surface area contributed by atoms with Crippen molar-refractivity contribution in [3.05, 3.63) is 23.4 Å². The van der Waals surface area contributed by atoms with Gasteiger partial charge in [0.25, 0.3) is 0 Å². The molecule has 1 rings (SSSR count). The monoisotopic (exact) mass is 191 g/mol. The van der Waals surface area contributed by atoms with Crippen molar-refractivity contribution in [2.75, 3.05) is 0 Å². The van der Waals surface area contributed by atoms with Gasteiger partial charge in [-0.25, -0.2) is 4.98 Å². The Morgan fingerprint density at radius 3 is 2.54 bits per heavy atom. The third-order valence-electron chi connectivity index (χ3n) is 1.65. The molecule has 0 radical (unpaired) electrons. The second kappa shape index (κ2) is 3.24. The van der Waals surface area contributed by atoms with Crippen molar-refractivity contribution < 1.29 is 18.3 Å². The minimum atomic E-state index is -4.40. The first kappa shape index (κ1) is 9.83. The molecule has 2 nitrogen and oxygen atoms in total. The quantitative estimate of drug-likeness (QED) is 0.739. The lowest BCUT2D eigenvalue weighted by atomic mass is 10.1.